The van der Waals surface area contributed by atoms with E-state index in [-0.39, 0.29) is 17.9 Å². The number of rotatable bonds is 0. The summed E-state index contributed by atoms with van der Waals surface area (Å²) >= 11 is 0. The predicted molar refractivity (Wildman–Crippen MR) is 39.1 cm³/mol. The Balaban J connectivity index is 2.11. The lowest BCUT2D eigenvalue weighted by Crippen LogP contribution is -2.55. The van der Waals surface area contributed by atoms with Gasteiger partial charge in [0.05, 0.1) is 0 Å². The zero-order chi connectivity index (χ0) is 7.84. The molecule has 0 aromatic heterocycles. The van der Waals surface area contributed by atoms with Gasteiger partial charge in [-0.25, -0.2) is 4.39 Å². The summed E-state index contributed by atoms with van der Waals surface area (Å²) in [6, 6.07) is 0.100. The third-order valence-electron chi connectivity index (χ3n) is 2.63. The molecule has 2 nitrogen and oxygen atoms in total. The Labute approximate surface area is 65.2 Å². The molecule has 2 fully saturated rings. The molecular formula is C8H12FNO. The van der Waals surface area contributed by atoms with Gasteiger partial charge in [0.15, 0.2) is 12.0 Å². The van der Waals surface area contributed by atoms with Crippen LogP contribution in [0.5, 0.6) is 0 Å². The second kappa shape index (κ2) is 2.55. The Kier molecular flexibility index (Phi) is 1.68. The van der Waals surface area contributed by atoms with Gasteiger partial charge in [0.25, 0.3) is 0 Å². The minimum absolute atomic E-state index is 0.171. The van der Waals surface area contributed by atoms with Crippen molar-refractivity contribution in [2.45, 2.75) is 43.9 Å². The van der Waals surface area contributed by atoms with Crippen LogP contribution in [0.1, 0.15) is 25.7 Å². The van der Waals surface area contributed by atoms with E-state index < -0.39 is 6.17 Å². The Morgan fingerprint density at radius 3 is 3.09 bits per heavy atom. The maximum Gasteiger partial charge on any atom is 0.173 e. The highest BCUT2D eigenvalue weighted by Gasteiger charge is 2.38. The van der Waals surface area contributed by atoms with Crippen LogP contribution < -0.4 is 5.32 Å². The van der Waals surface area contributed by atoms with Crippen molar-refractivity contribution in [1.29, 1.82) is 0 Å². The summed E-state index contributed by atoms with van der Waals surface area (Å²) in [7, 11) is 0. The number of carbonyl (C=O) groups excluding carboxylic acids is 1. The predicted octanol–water partition coefficient (Wildman–Crippen LogP) is 0.808. The molecule has 2 saturated heterocycles. The van der Waals surface area contributed by atoms with Crippen molar-refractivity contribution in [3.63, 3.8) is 0 Å². The third kappa shape index (κ3) is 1.18. The molecule has 2 heterocycles. The Hall–Kier alpha value is -0.440. The molecule has 0 amide bonds. The fraction of sp³-hybridized carbons (Fsp3) is 0.875. The first-order valence-electron chi connectivity index (χ1n) is 4.20. The van der Waals surface area contributed by atoms with Gasteiger partial charge in [-0.2, -0.15) is 0 Å². The summed E-state index contributed by atoms with van der Waals surface area (Å²) in [6.45, 7) is 0. The standard InChI is InChI=1S/C8H12FNO/c9-8-6-3-1-2-5(10-6)4-7(8)11/h5-6,8,10H,1-4H2. The number of piperidine rings is 2. The van der Waals surface area contributed by atoms with Crippen LogP contribution in [0.3, 0.4) is 0 Å². The second-order valence-corrected chi connectivity index (χ2v) is 3.47. The van der Waals surface area contributed by atoms with E-state index in [9.17, 15) is 9.18 Å². The Bertz CT molecular complexity index is 183. The molecule has 2 rings (SSSR count). The van der Waals surface area contributed by atoms with Gasteiger partial charge in [-0.3, -0.25) is 4.79 Å². The number of nitrogens with one attached hydrogen (secondary N) is 1. The minimum atomic E-state index is -1.23. The van der Waals surface area contributed by atoms with Gasteiger partial charge in [-0.1, -0.05) is 6.42 Å². The number of hydrogen-bond donors (Lipinski definition) is 1. The molecule has 3 unspecified atom stereocenters. The normalized spacial score (nSPS) is 44.1. The number of carbonyl (C=O) groups is 1. The summed E-state index contributed by atoms with van der Waals surface area (Å²) in [5.74, 6) is -0.196. The third-order valence-corrected chi connectivity index (χ3v) is 2.63. The monoisotopic (exact) mass is 157 g/mol. The van der Waals surface area contributed by atoms with E-state index >= 15 is 0 Å². The zero-order valence-electron chi connectivity index (χ0n) is 6.35. The van der Waals surface area contributed by atoms with Crippen LogP contribution in [0.4, 0.5) is 4.39 Å². The van der Waals surface area contributed by atoms with Crippen LogP contribution >= 0.6 is 0 Å². The average Bonchev–Trinajstić information content (AvgIpc) is 2.01. The number of halogens is 1. The van der Waals surface area contributed by atoms with Gasteiger partial charge in [0.2, 0.25) is 0 Å². The fourth-order valence-corrected chi connectivity index (χ4v) is 2.03. The molecule has 3 atom stereocenters. The molecule has 3 heteroatoms. The van der Waals surface area contributed by atoms with E-state index in [1.807, 2.05) is 0 Å². The van der Waals surface area contributed by atoms with Gasteiger partial charge in [-0.05, 0) is 12.8 Å². The molecule has 0 aromatic rings. The molecule has 2 bridgehead atoms. The Morgan fingerprint density at radius 1 is 1.45 bits per heavy atom. The first kappa shape index (κ1) is 7.22. The van der Waals surface area contributed by atoms with E-state index in [0.717, 1.165) is 19.3 Å². The SMILES string of the molecule is O=C1CC2CCCC(N2)C1F. The molecule has 0 radical (unpaired) electrons. The molecule has 62 valence electrons. The van der Waals surface area contributed by atoms with Gasteiger partial charge in [0, 0.05) is 18.5 Å². The van der Waals surface area contributed by atoms with Crippen molar-refractivity contribution in [3.8, 4) is 0 Å². The van der Waals surface area contributed by atoms with Crippen LogP contribution in [0.25, 0.3) is 0 Å². The summed E-state index contributed by atoms with van der Waals surface area (Å²) in [5, 5.41) is 3.14. The molecule has 0 spiro atoms. The molecule has 2 aliphatic rings. The largest absolute Gasteiger partial charge is 0.308 e. The van der Waals surface area contributed by atoms with Gasteiger partial charge >= 0.3 is 0 Å². The van der Waals surface area contributed by atoms with Crippen molar-refractivity contribution in [2.75, 3.05) is 0 Å². The van der Waals surface area contributed by atoms with Gasteiger partial charge in [0.1, 0.15) is 0 Å². The number of hydrogen-bond acceptors (Lipinski definition) is 2. The van der Waals surface area contributed by atoms with Crippen LogP contribution in [-0.2, 0) is 4.79 Å². The van der Waals surface area contributed by atoms with Crippen LogP contribution in [-0.4, -0.2) is 24.0 Å². The number of Topliss-reactive ketones (excluding diaryl/α,β-unsaturated/α-hetero) is 1. The first-order chi connectivity index (χ1) is 5.27. The van der Waals surface area contributed by atoms with Crippen LogP contribution in [0, 0.1) is 0 Å². The van der Waals surface area contributed by atoms with E-state index in [1.165, 1.54) is 0 Å². The van der Waals surface area contributed by atoms with Gasteiger partial charge < -0.3 is 5.32 Å². The minimum Gasteiger partial charge on any atom is -0.308 e. The highest BCUT2D eigenvalue weighted by atomic mass is 19.1. The van der Waals surface area contributed by atoms with E-state index in [0.29, 0.717) is 6.42 Å². The maximum atomic E-state index is 13.0. The average molecular weight is 157 g/mol. The van der Waals surface area contributed by atoms with Gasteiger partial charge in [-0.15, -0.1) is 0 Å². The summed E-state index contributed by atoms with van der Waals surface area (Å²) in [5.41, 5.74) is 0. The Morgan fingerprint density at radius 2 is 2.27 bits per heavy atom. The number of ketones is 1. The lowest BCUT2D eigenvalue weighted by molar-refractivity contribution is -0.128. The van der Waals surface area contributed by atoms with Crippen LogP contribution in [0.2, 0.25) is 0 Å². The fourth-order valence-electron chi connectivity index (χ4n) is 2.03. The van der Waals surface area contributed by atoms with Crippen molar-refractivity contribution in [1.82, 2.24) is 5.32 Å². The lowest BCUT2D eigenvalue weighted by Gasteiger charge is -2.36. The van der Waals surface area contributed by atoms with Crippen molar-refractivity contribution in [2.24, 2.45) is 0 Å². The van der Waals surface area contributed by atoms with Crippen molar-refractivity contribution >= 4 is 5.78 Å². The topological polar surface area (TPSA) is 29.1 Å². The second-order valence-electron chi connectivity index (χ2n) is 3.47. The van der Waals surface area contributed by atoms with Crippen molar-refractivity contribution in [3.05, 3.63) is 0 Å². The number of alkyl halides is 1. The highest BCUT2D eigenvalue weighted by molar-refractivity contribution is 5.85. The first-order valence-corrected chi connectivity index (χ1v) is 4.20. The summed E-state index contributed by atoms with van der Waals surface area (Å²) < 4.78 is 13.0. The van der Waals surface area contributed by atoms with Crippen LogP contribution in [0.15, 0.2) is 0 Å². The summed E-state index contributed by atoms with van der Waals surface area (Å²) in [6.07, 6.45) is 2.10. The highest BCUT2D eigenvalue weighted by Crippen LogP contribution is 2.25. The van der Waals surface area contributed by atoms with E-state index in [4.69, 9.17) is 0 Å². The molecule has 0 aliphatic carbocycles. The molecule has 2 aliphatic heterocycles. The molecule has 11 heavy (non-hydrogen) atoms. The van der Waals surface area contributed by atoms with E-state index in [2.05, 4.69) is 5.32 Å². The molecular weight excluding hydrogens is 145 g/mol. The molecule has 0 saturated carbocycles. The van der Waals surface area contributed by atoms with Crippen molar-refractivity contribution < 1.29 is 9.18 Å². The lowest BCUT2D eigenvalue weighted by atomic mass is 9.85. The quantitative estimate of drug-likeness (QED) is 0.563. The molecule has 0 aromatic carbocycles. The summed E-state index contributed by atoms with van der Waals surface area (Å²) in [4.78, 5) is 11.0. The number of fused-ring (bicyclic) bond motifs is 2. The van der Waals surface area contributed by atoms with E-state index in [1.54, 1.807) is 0 Å². The maximum absolute atomic E-state index is 13.0. The zero-order valence-corrected chi connectivity index (χ0v) is 6.35. The molecule has 1 N–H and O–H groups in total. The smallest absolute Gasteiger partial charge is 0.173 e.